The van der Waals surface area contributed by atoms with Crippen LogP contribution in [0.3, 0.4) is 0 Å². The van der Waals surface area contributed by atoms with Crippen LogP contribution >= 0.6 is 0 Å². The number of carboxylic acids is 2. The summed E-state index contributed by atoms with van der Waals surface area (Å²) in [6, 6.07) is 11.5. The number of fused-ring (bicyclic) bond motifs is 2. The molecule has 1 aromatic heterocycles. The normalized spacial score (nSPS) is 16.5. The van der Waals surface area contributed by atoms with Crippen LogP contribution in [-0.2, 0) is 23.1 Å². The van der Waals surface area contributed by atoms with Gasteiger partial charge in [-0.25, -0.2) is 14.6 Å². The molecule has 0 aliphatic heterocycles. The van der Waals surface area contributed by atoms with Gasteiger partial charge in [0.05, 0.1) is 11.6 Å². The average Bonchev–Trinajstić information content (AvgIpc) is 3.23. The monoisotopic (exact) mass is 455 g/mol. The van der Waals surface area contributed by atoms with E-state index in [4.69, 9.17) is 24.5 Å². The number of hydrogen-bond acceptors (Lipinski definition) is 6. The number of benzene rings is 2. The molecular formula is C23H25N3O7. The molecule has 10 nitrogen and oxygen atoms in total. The second-order valence-electron chi connectivity index (χ2n) is 7.88. The Kier molecular flexibility index (Phi) is 6.68. The van der Waals surface area contributed by atoms with Gasteiger partial charge in [0.25, 0.3) is 5.91 Å². The number of imidazole rings is 1. The molecule has 174 valence electrons. The molecule has 33 heavy (non-hydrogen) atoms. The maximum Gasteiger partial charge on any atom is 0.414 e. The molecule has 3 aromatic rings. The number of hydrogen-bond donors (Lipinski definition) is 3. The smallest absolute Gasteiger partial charge is 0.414 e. The molecule has 0 spiro atoms. The van der Waals surface area contributed by atoms with Crippen molar-refractivity contribution in [2.45, 2.75) is 25.6 Å². The number of amides is 1. The Balaban J connectivity index is 0.000000454. The van der Waals surface area contributed by atoms with Gasteiger partial charge in [-0.05, 0) is 30.2 Å². The number of aliphatic carboxylic acids is 2. The Bertz CT molecular complexity index is 1220. The van der Waals surface area contributed by atoms with E-state index in [-0.39, 0.29) is 5.91 Å². The SMILES string of the molecule is Cc1nc2c(O[C@H]3c4ccccc4C[C@@H]3O)cc(C(=O)N(C)C)cc2n1C.O=C(O)C(=O)O. The van der Waals surface area contributed by atoms with Gasteiger partial charge >= 0.3 is 11.9 Å². The van der Waals surface area contributed by atoms with Crippen LogP contribution in [0.1, 0.15) is 33.4 Å². The van der Waals surface area contributed by atoms with Crippen molar-refractivity contribution >= 4 is 28.9 Å². The van der Waals surface area contributed by atoms with Crippen molar-refractivity contribution in [2.24, 2.45) is 7.05 Å². The van der Waals surface area contributed by atoms with Crippen molar-refractivity contribution < 1.29 is 34.4 Å². The van der Waals surface area contributed by atoms with E-state index >= 15 is 0 Å². The molecular weight excluding hydrogens is 430 g/mol. The molecule has 1 aliphatic rings. The molecule has 0 unspecified atom stereocenters. The number of ether oxygens (including phenoxy) is 1. The summed E-state index contributed by atoms with van der Waals surface area (Å²) in [5.74, 6) is -2.41. The maximum atomic E-state index is 12.5. The van der Waals surface area contributed by atoms with Gasteiger partial charge in [0, 0.05) is 33.1 Å². The molecule has 0 radical (unpaired) electrons. The van der Waals surface area contributed by atoms with Gasteiger partial charge in [-0.2, -0.15) is 0 Å². The first-order valence-corrected chi connectivity index (χ1v) is 10.1. The average molecular weight is 455 g/mol. The maximum absolute atomic E-state index is 12.5. The largest absolute Gasteiger partial charge is 0.481 e. The van der Waals surface area contributed by atoms with Crippen LogP contribution in [0.2, 0.25) is 0 Å². The molecule has 0 saturated carbocycles. The van der Waals surface area contributed by atoms with E-state index in [0.717, 1.165) is 22.5 Å². The molecule has 0 bridgehead atoms. The summed E-state index contributed by atoms with van der Waals surface area (Å²) in [5.41, 5.74) is 4.13. The number of aliphatic hydroxyl groups is 1. The van der Waals surface area contributed by atoms with Crippen molar-refractivity contribution in [1.29, 1.82) is 0 Å². The fourth-order valence-corrected chi connectivity index (χ4v) is 3.66. The summed E-state index contributed by atoms with van der Waals surface area (Å²) in [7, 11) is 5.36. The first kappa shape index (κ1) is 23.7. The quantitative estimate of drug-likeness (QED) is 0.507. The second kappa shape index (κ2) is 9.29. The molecule has 2 aromatic carbocycles. The highest BCUT2D eigenvalue weighted by molar-refractivity contribution is 6.27. The van der Waals surface area contributed by atoms with Crippen LogP contribution < -0.4 is 4.74 Å². The van der Waals surface area contributed by atoms with Crippen LogP contribution in [0.4, 0.5) is 0 Å². The lowest BCUT2D eigenvalue weighted by molar-refractivity contribution is -0.159. The van der Waals surface area contributed by atoms with Crippen molar-refractivity contribution in [3.8, 4) is 5.75 Å². The first-order valence-electron chi connectivity index (χ1n) is 10.1. The van der Waals surface area contributed by atoms with E-state index in [9.17, 15) is 9.90 Å². The number of aryl methyl sites for hydroxylation is 2. The van der Waals surface area contributed by atoms with Crippen LogP contribution in [-0.4, -0.2) is 67.8 Å². The van der Waals surface area contributed by atoms with Crippen LogP contribution in [0.15, 0.2) is 36.4 Å². The Morgan fingerprint density at radius 2 is 1.76 bits per heavy atom. The highest BCUT2D eigenvalue weighted by Crippen LogP contribution is 2.38. The van der Waals surface area contributed by atoms with E-state index in [0.29, 0.717) is 23.3 Å². The zero-order valence-corrected chi connectivity index (χ0v) is 18.6. The molecule has 4 rings (SSSR count). The van der Waals surface area contributed by atoms with E-state index in [1.165, 1.54) is 4.90 Å². The minimum atomic E-state index is -1.82. The molecule has 0 fully saturated rings. The van der Waals surface area contributed by atoms with E-state index in [2.05, 4.69) is 4.98 Å². The summed E-state index contributed by atoms with van der Waals surface area (Å²) < 4.78 is 8.21. The molecule has 2 atom stereocenters. The standard InChI is InChI=1S/C21H23N3O3.C2H2O4/c1-12-22-19-16(24(12)4)9-14(21(26)23(2)3)11-18(19)27-20-15-8-6-5-7-13(15)10-17(20)25;3-1(4)2(5)6/h5-9,11,17,20,25H,10H2,1-4H3;(H,3,4)(H,5,6)/t17-,20-;/m0./s1. The minimum Gasteiger partial charge on any atom is -0.481 e. The predicted molar refractivity (Wildman–Crippen MR) is 118 cm³/mol. The van der Waals surface area contributed by atoms with Gasteiger partial charge in [0.15, 0.2) is 6.10 Å². The number of rotatable bonds is 3. The van der Waals surface area contributed by atoms with E-state index in [1.807, 2.05) is 48.9 Å². The first-order chi connectivity index (χ1) is 15.5. The van der Waals surface area contributed by atoms with Gasteiger partial charge in [-0.15, -0.1) is 0 Å². The van der Waals surface area contributed by atoms with E-state index < -0.39 is 24.1 Å². The summed E-state index contributed by atoms with van der Waals surface area (Å²) >= 11 is 0. The lowest BCUT2D eigenvalue weighted by Gasteiger charge is -2.20. The van der Waals surface area contributed by atoms with Crippen molar-refractivity contribution in [2.75, 3.05) is 14.1 Å². The minimum absolute atomic E-state index is 0.104. The third-order valence-corrected chi connectivity index (χ3v) is 5.41. The fraction of sp³-hybridized carbons (Fsp3) is 0.304. The Morgan fingerprint density at radius 3 is 2.36 bits per heavy atom. The summed E-state index contributed by atoms with van der Waals surface area (Å²) in [6.45, 7) is 1.91. The number of carbonyl (C=O) groups is 3. The van der Waals surface area contributed by atoms with Crippen LogP contribution in [0, 0.1) is 6.92 Å². The number of carbonyl (C=O) groups excluding carboxylic acids is 1. The number of aromatic nitrogens is 2. The Hall–Kier alpha value is -3.92. The highest BCUT2D eigenvalue weighted by atomic mass is 16.5. The second-order valence-corrected chi connectivity index (χ2v) is 7.88. The third kappa shape index (κ3) is 4.80. The number of carboxylic acid groups (broad SMARTS) is 2. The molecule has 1 heterocycles. The molecule has 10 heteroatoms. The third-order valence-electron chi connectivity index (χ3n) is 5.41. The summed E-state index contributed by atoms with van der Waals surface area (Å²) in [5, 5.41) is 25.3. The van der Waals surface area contributed by atoms with Gasteiger partial charge in [-0.1, -0.05) is 24.3 Å². The highest BCUT2D eigenvalue weighted by Gasteiger charge is 2.33. The van der Waals surface area contributed by atoms with Crippen molar-refractivity contribution in [1.82, 2.24) is 14.5 Å². The molecule has 1 aliphatic carbocycles. The molecule has 0 saturated heterocycles. The predicted octanol–water partition coefficient (Wildman–Crippen LogP) is 1.78. The van der Waals surface area contributed by atoms with Gasteiger partial charge in [0.2, 0.25) is 0 Å². The molecule has 3 N–H and O–H groups in total. The summed E-state index contributed by atoms with van der Waals surface area (Å²) in [6.07, 6.45) is -0.548. The van der Waals surface area contributed by atoms with Gasteiger partial charge in [-0.3, -0.25) is 4.79 Å². The summed E-state index contributed by atoms with van der Waals surface area (Å²) in [4.78, 5) is 36.9. The van der Waals surface area contributed by atoms with Gasteiger partial charge < -0.3 is 29.5 Å². The van der Waals surface area contributed by atoms with Crippen molar-refractivity contribution in [3.63, 3.8) is 0 Å². The zero-order chi connectivity index (χ0) is 24.4. The Morgan fingerprint density at radius 1 is 1.12 bits per heavy atom. The van der Waals surface area contributed by atoms with Crippen LogP contribution in [0.25, 0.3) is 11.0 Å². The van der Waals surface area contributed by atoms with Crippen LogP contribution in [0.5, 0.6) is 5.75 Å². The molecule has 1 amide bonds. The lowest BCUT2D eigenvalue weighted by Crippen LogP contribution is -2.22. The zero-order valence-electron chi connectivity index (χ0n) is 18.6. The topological polar surface area (TPSA) is 142 Å². The van der Waals surface area contributed by atoms with E-state index in [1.54, 1.807) is 20.2 Å². The lowest BCUT2D eigenvalue weighted by atomic mass is 10.1. The number of nitrogens with zero attached hydrogens (tertiary/aromatic N) is 3. The van der Waals surface area contributed by atoms with Crippen molar-refractivity contribution in [3.05, 3.63) is 58.9 Å². The number of aliphatic hydroxyl groups excluding tert-OH is 1. The fourth-order valence-electron chi connectivity index (χ4n) is 3.66. The van der Waals surface area contributed by atoms with Gasteiger partial charge in [0.1, 0.15) is 17.1 Å². The Labute approximate surface area is 189 Å².